The van der Waals surface area contributed by atoms with Crippen LogP contribution in [-0.4, -0.2) is 42.9 Å². The Labute approximate surface area is 145 Å². The van der Waals surface area contributed by atoms with Gasteiger partial charge >= 0.3 is 5.97 Å². The number of carbonyl (C=O) groups excluding carboxylic acids is 2. The van der Waals surface area contributed by atoms with Crippen LogP contribution in [0.4, 0.5) is 5.69 Å². The van der Waals surface area contributed by atoms with Crippen molar-refractivity contribution in [2.45, 2.75) is 18.7 Å². The maximum absolute atomic E-state index is 11.9. The third-order valence-corrected chi connectivity index (χ3v) is 4.75. The number of sulfone groups is 1. The fourth-order valence-corrected chi connectivity index (χ4v) is 2.81. The van der Waals surface area contributed by atoms with E-state index in [0.29, 0.717) is 11.4 Å². The van der Waals surface area contributed by atoms with E-state index in [-0.39, 0.29) is 10.5 Å². The molecule has 1 amide bonds. The van der Waals surface area contributed by atoms with Gasteiger partial charge in [0.25, 0.3) is 5.91 Å². The van der Waals surface area contributed by atoms with Gasteiger partial charge in [-0.1, -0.05) is 0 Å². The van der Waals surface area contributed by atoms with Crippen LogP contribution in [0, 0.1) is 13.8 Å². The number of hydrogen-bond donors (Lipinski definition) is 1. The van der Waals surface area contributed by atoms with Crippen LogP contribution < -0.4 is 5.32 Å². The summed E-state index contributed by atoms with van der Waals surface area (Å²) >= 11 is 0. The number of esters is 1. The van der Waals surface area contributed by atoms with Gasteiger partial charge in [0.2, 0.25) is 0 Å². The van der Waals surface area contributed by atoms with E-state index in [1.54, 1.807) is 18.7 Å². The summed E-state index contributed by atoms with van der Waals surface area (Å²) in [5.41, 5.74) is 2.19. The van der Waals surface area contributed by atoms with E-state index >= 15 is 0 Å². The van der Waals surface area contributed by atoms with Gasteiger partial charge in [-0.2, -0.15) is 5.10 Å². The average molecular weight is 365 g/mol. The second-order valence-corrected chi connectivity index (χ2v) is 7.61. The molecule has 0 aliphatic carbocycles. The highest BCUT2D eigenvalue weighted by Gasteiger charge is 2.15. The Bertz CT molecular complexity index is 914. The third-order valence-electron chi connectivity index (χ3n) is 3.63. The summed E-state index contributed by atoms with van der Waals surface area (Å²) in [6, 6.07) is 5.31. The van der Waals surface area contributed by atoms with E-state index in [9.17, 15) is 18.0 Å². The maximum atomic E-state index is 11.9. The van der Waals surface area contributed by atoms with Gasteiger partial charge in [0.1, 0.15) is 0 Å². The minimum absolute atomic E-state index is 0.101. The molecule has 0 aliphatic heterocycles. The molecule has 2 rings (SSSR count). The predicted molar refractivity (Wildman–Crippen MR) is 91.1 cm³/mol. The van der Waals surface area contributed by atoms with Crippen LogP contribution in [0.3, 0.4) is 0 Å². The second-order valence-electron chi connectivity index (χ2n) is 5.59. The number of aryl methyl sites for hydroxylation is 2. The van der Waals surface area contributed by atoms with Crippen molar-refractivity contribution in [1.82, 2.24) is 9.78 Å². The Kier molecular flexibility index (Phi) is 5.27. The topological polar surface area (TPSA) is 107 Å². The smallest absolute Gasteiger partial charge is 0.338 e. The van der Waals surface area contributed by atoms with E-state index in [1.165, 1.54) is 24.3 Å². The Balaban J connectivity index is 1.96. The lowest BCUT2D eigenvalue weighted by Crippen LogP contribution is -2.21. The van der Waals surface area contributed by atoms with E-state index in [1.807, 2.05) is 6.92 Å². The van der Waals surface area contributed by atoms with Crippen molar-refractivity contribution in [1.29, 1.82) is 0 Å². The van der Waals surface area contributed by atoms with Crippen molar-refractivity contribution in [3.63, 3.8) is 0 Å². The third kappa shape index (κ3) is 4.44. The van der Waals surface area contributed by atoms with Crippen LogP contribution in [0.5, 0.6) is 0 Å². The molecule has 9 heteroatoms. The fourth-order valence-electron chi connectivity index (χ4n) is 2.18. The summed E-state index contributed by atoms with van der Waals surface area (Å²) in [6.45, 7) is 3.11. The van der Waals surface area contributed by atoms with Crippen molar-refractivity contribution in [3.8, 4) is 0 Å². The van der Waals surface area contributed by atoms with Gasteiger partial charge in [-0.05, 0) is 38.1 Å². The van der Waals surface area contributed by atoms with Gasteiger partial charge in [-0.25, -0.2) is 13.2 Å². The largest absolute Gasteiger partial charge is 0.452 e. The molecule has 8 nitrogen and oxygen atoms in total. The normalized spacial score (nSPS) is 11.2. The molecule has 0 saturated carbocycles. The molecule has 0 aliphatic rings. The number of amides is 1. The molecule has 0 atom stereocenters. The zero-order valence-corrected chi connectivity index (χ0v) is 15.2. The van der Waals surface area contributed by atoms with E-state index < -0.39 is 28.3 Å². The van der Waals surface area contributed by atoms with Gasteiger partial charge in [-0.15, -0.1) is 0 Å². The van der Waals surface area contributed by atoms with Gasteiger partial charge in [0, 0.05) is 13.3 Å². The number of aromatic nitrogens is 2. The first-order valence-corrected chi connectivity index (χ1v) is 9.26. The van der Waals surface area contributed by atoms with E-state index in [0.717, 1.165) is 11.9 Å². The molecule has 0 radical (unpaired) electrons. The quantitative estimate of drug-likeness (QED) is 0.799. The summed E-state index contributed by atoms with van der Waals surface area (Å²) < 4.78 is 29.4. The Morgan fingerprint density at radius 3 is 2.28 bits per heavy atom. The van der Waals surface area contributed by atoms with Crippen LogP contribution in [-0.2, 0) is 26.4 Å². The lowest BCUT2D eigenvalue weighted by molar-refractivity contribution is -0.119. The minimum Gasteiger partial charge on any atom is -0.452 e. The molecule has 134 valence electrons. The number of anilines is 1. The fraction of sp³-hybridized carbons (Fsp3) is 0.312. The maximum Gasteiger partial charge on any atom is 0.338 e. The molecule has 1 aromatic carbocycles. The highest BCUT2D eigenvalue weighted by atomic mass is 32.2. The van der Waals surface area contributed by atoms with Crippen LogP contribution >= 0.6 is 0 Å². The van der Waals surface area contributed by atoms with Crippen LogP contribution in [0.2, 0.25) is 0 Å². The average Bonchev–Trinajstić information content (AvgIpc) is 2.78. The lowest BCUT2D eigenvalue weighted by Gasteiger charge is -2.07. The second kappa shape index (κ2) is 7.06. The molecule has 0 spiro atoms. The van der Waals surface area contributed by atoms with Crippen LogP contribution in [0.1, 0.15) is 21.7 Å². The van der Waals surface area contributed by atoms with Gasteiger partial charge in [-0.3, -0.25) is 9.48 Å². The lowest BCUT2D eigenvalue weighted by atomic mass is 10.2. The van der Waals surface area contributed by atoms with Crippen LogP contribution in [0.25, 0.3) is 0 Å². The van der Waals surface area contributed by atoms with E-state index in [2.05, 4.69) is 10.4 Å². The summed E-state index contributed by atoms with van der Waals surface area (Å²) in [7, 11) is -1.57. The summed E-state index contributed by atoms with van der Waals surface area (Å²) in [6.07, 6.45) is 1.08. The highest BCUT2D eigenvalue weighted by molar-refractivity contribution is 7.90. The number of rotatable bonds is 5. The molecular weight excluding hydrogens is 346 g/mol. The zero-order valence-electron chi connectivity index (χ0n) is 14.4. The molecule has 0 unspecified atom stereocenters. The van der Waals surface area contributed by atoms with Crippen molar-refractivity contribution in [2.24, 2.45) is 7.05 Å². The molecule has 0 bridgehead atoms. The Morgan fingerprint density at radius 2 is 1.80 bits per heavy atom. The number of ether oxygens (including phenoxy) is 1. The number of nitrogens with one attached hydrogen (secondary N) is 1. The standard InChI is InChI=1S/C16H19N3O5S/c1-10-15(11(2)19(3)18-10)17-14(20)9-24-16(21)12-5-7-13(8-6-12)25(4,22)23/h5-8H,9H2,1-4H3,(H,17,20). The first kappa shape index (κ1) is 18.7. The SMILES string of the molecule is Cc1nn(C)c(C)c1NC(=O)COC(=O)c1ccc(S(C)(=O)=O)cc1. The Morgan fingerprint density at radius 1 is 1.20 bits per heavy atom. The van der Waals surface area contributed by atoms with Gasteiger partial charge in [0.05, 0.1) is 27.5 Å². The molecule has 1 heterocycles. The summed E-state index contributed by atoms with van der Waals surface area (Å²) in [5.74, 6) is -1.20. The highest BCUT2D eigenvalue weighted by Crippen LogP contribution is 2.18. The molecular formula is C16H19N3O5S. The minimum atomic E-state index is -3.34. The van der Waals surface area contributed by atoms with E-state index in [4.69, 9.17) is 4.74 Å². The first-order chi connectivity index (χ1) is 11.6. The molecule has 0 fully saturated rings. The Hall–Kier alpha value is -2.68. The molecule has 2 aromatic rings. The number of hydrogen-bond acceptors (Lipinski definition) is 6. The van der Waals surface area contributed by atoms with Crippen LogP contribution in [0.15, 0.2) is 29.2 Å². The number of carbonyl (C=O) groups is 2. The summed E-state index contributed by atoms with van der Waals surface area (Å²) in [4.78, 5) is 24.0. The molecule has 25 heavy (non-hydrogen) atoms. The summed E-state index contributed by atoms with van der Waals surface area (Å²) in [5, 5.41) is 6.84. The van der Waals surface area contributed by atoms with Crippen molar-refractivity contribution in [2.75, 3.05) is 18.2 Å². The van der Waals surface area contributed by atoms with Crippen molar-refractivity contribution >= 4 is 27.4 Å². The monoisotopic (exact) mass is 365 g/mol. The van der Waals surface area contributed by atoms with Crippen molar-refractivity contribution in [3.05, 3.63) is 41.2 Å². The zero-order chi connectivity index (χ0) is 18.8. The van der Waals surface area contributed by atoms with Gasteiger partial charge < -0.3 is 10.1 Å². The molecule has 1 N–H and O–H groups in total. The number of benzene rings is 1. The number of nitrogens with zero attached hydrogens (tertiary/aromatic N) is 2. The predicted octanol–water partition coefficient (Wildman–Crippen LogP) is 1.24. The van der Waals surface area contributed by atoms with Gasteiger partial charge in [0.15, 0.2) is 16.4 Å². The van der Waals surface area contributed by atoms with Crippen molar-refractivity contribution < 1.29 is 22.7 Å². The molecule has 0 saturated heterocycles. The molecule has 1 aromatic heterocycles. The first-order valence-electron chi connectivity index (χ1n) is 7.37.